The Labute approximate surface area is 149 Å². The molecule has 0 aliphatic carbocycles. The van der Waals surface area contributed by atoms with E-state index in [0.717, 1.165) is 22.2 Å². The molecule has 3 heterocycles. The van der Waals surface area contributed by atoms with Gasteiger partial charge in [-0.05, 0) is 53.6 Å². The molecule has 6 nitrogen and oxygen atoms in total. The zero-order chi connectivity index (χ0) is 17.5. The molecule has 2 aromatic carbocycles. The van der Waals surface area contributed by atoms with Crippen molar-refractivity contribution in [2.45, 2.75) is 0 Å². The molecular weight excluding hydrogens is 326 g/mol. The zero-order valence-corrected chi connectivity index (χ0v) is 14.0. The number of oxazole rings is 1. The van der Waals surface area contributed by atoms with Gasteiger partial charge in [0.15, 0.2) is 11.4 Å². The second-order valence-electron chi connectivity index (χ2n) is 6.14. The van der Waals surface area contributed by atoms with E-state index < -0.39 is 0 Å². The molecule has 0 fully saturated rings. The van der Waals surface area contributed by atoms with Crippen molar-refractivity contribution in [2.24, 2.45) is 7.05 Å². The summed E-state index contributed by atoms with van der Waals surface area (Å²) in [6.07, 6.45) is 3.69. The summed E-state index contributed by atoms with van der Waals surface area (Å²) in [5.74, 6) is 0.591. The lowest BCUT2D eigenvalue weighted by atomic mass is 10.0. The van der Waals surface area contributed by atoms with Crippen LogP contribution in [0.1, 0.15) is 0 Å². The lowest BCUT2D eigenvalue weighted by Gasteiger charge is -2.03. The van der Waals surface area contributed by atoms with E-state index in [-0.39, 0.29) is 0 Å². The minimum absolute atomic E-state index is 0.399. The predicted molar refractivity (Wildman–Crippen MR) is 101 cm³/mol. The third-order valence-corrected chi connectivity index (χ3v) is 4.41. The Hall–Kier alpha value is -3.67. The van der Waals surface area contributed by atoms with E-state index in [9.17, 15) is 0 Å². The van der Waals surface area contributed by atoms with Crippen LogP contribution in [0.15, 0.2) is 71.4 Å². The van der Waals surface area contributed by atoms with Gasteiger partial charge < -0.3 is 8.98 Å². The number of hydrogen-bond acceptors (Lipinski definition) is 5. The molecule has 0 aliphatic rings. The maximum absolute atomic E-state index is 5.74. The second kappa shape index (κ2) is 5.70. The van der Waals surface area contributed by atoms with Crippen LogP contribution in [-0.2, 0) is 7.05 Å². The van der Waals surface area contributed by atoms with Gasteiger partial charge in [-0.15, -0.1) is 5.10 Å². The molecule has 0 radical (unpaired) electrons. The third-order valence-electron chi connectivity index (χ3n) is 4.41. The Balaban J connectivity index is 1.52. The Bertz CT molecular complexity index is 1220. The van der Waals surface area contributed by atoms with Gasteiger partial charge in [0.05, 0.1) is 0 Å². The maximum Gasteiger partial charge on any atom is 0.301 e. The number of hydrogen-bond donors (Lipinski definition) is 1. The van der Waals surface area contributed by atoms with E-state index in [1.54, 1.807) is 12.3 Å². The Kier molecular flexibility index (Phi) is 3.21. The molecule has 0 saturated heterocycles. The fourth-order valence-corrected chi connectivity index (χ4v) is 3.10. The van der Waals surface area contributed by atoms with E-state index >= 15 is 0 Å². The van der Waals surface area contributed by atoms with Crippen molar-refractivity contribution in [3.05, 3.63) is 67.0 Å². The van der Waals surface area contributed by atoms with Gasteiger partial charge in [-0.3, -0.25) is 5.32 Å². The molecule has 1 N–H and O–H groups in total. The molecule has 5 rings (SSSR count). The molecule has 0 amide bonds. The van der Waals surface area contributed by atoms with Crippen molar-refractivity contribution >= 4 is 33.8 Å². The minimum atomic E-state index is 0.399. The van der Waals surface area contributed by atoms with E-state index in [1.807, 2.05) is 24.3 Å². The van der Waals surface area contributed by atoms with E-state index in [2.05, 4.69) is 62.6 Å². The molecule has 6 heteroatoms. The summed E-state index contributed by atoms with van der Waals surface area (Å²) in [7, 11) is 2.05. The van der Waals surface area contributed by atoms with Crippen molar-refractivity contribution in [3.63, 3.8) is 0 Å². The molecule has 126 valence electrons. The summed E-state index contributed by atoms with van der Waals surface area (Å²) in [5.41, 5.74) is 4.98. The minimum Gasteiger partial charge on any atom is -0.423 e. The first kappa shape index (κ1) is 14.7. The average Bonchev–Trinajstić information content (AvgIpc) is 3.24. The summed E-state index contributed by atoms with van der Waals surface area (Å²) in [6, 6.07) is 18.6. The largest absolute Gasteiger partial charge is 0.423 e. The van der Waals surface area contributed by atoms with Crippen LogP contribution in [0.4, 0.5) is 11.8 Å². The van der Waals surface area contributed by atoms with Gasteiger partial charge in [0, 0.05) is 30.3 Å². The molecule has 0 atom stereocenters. The topological polar surface area (TPSA) is 68.8 Å². The van der Waals surface area contributed by atoms with Gasteiger partial charge in [-0.1, -0.05) is 12.1 Å². The van der Waals surface area contributed by atoms with Gasteiger partial charge >= 0.3 is 6.01 Å². The van der Waals surface area contributed by atoms with Gasteiger partial charge in [-0.25, -0.2) is 0 Å². The lowest BCUT2D eigenvalue weighted by Crippen LogP contribution is -1.93. The highest BCUT2D eigenvalue weighted by molar-refractivity contribution is 5.88. The SMILES string of the molecule is Cn1ccc2cc(-c3ccc4oc(Nc5cccnn5)nc4c3)ccc21. The first-order valence-electron chi connectivity index (χ1n) is 8.27. The van der Waals surface area contributed by atoms with Crippen LogP contribution in [0.3, 0.4) is 0 Å². The van der Waals surface area contributed by atoms with Crippen LogP contribution >= 0.6 is 0 Å². The zero-order valence-electron chi connectivity index (χ0n) is 14.0. The smallest absolute Gasteiger partial charge is 0.301 e. The summed E-state index contributed by atoms with van der Waals surface area (Å²) in [6.45, 7) is 0. The number of nitrogens with one attached hydrogen (secondary N) is 1. The average molecular weight is 341 g/mol. The number of aromatic nitrogens is 4. The van der Waals surface area contributed by atoms with Crippen molar-refractivity contribution in [3.8, 4) is 11.1 Å². The molecule has 5 aromatic rings. The van der Waals surface area contributed by atoms with E-state index in [1.165, 1.54) is 10.9 Å². The number of rotatable bonds is 3. The third kappa shape index (κ3) is 2.48. The first-order valence-corrected chi connectivity index (χ1v) is 8.27. The highest BCUT2D eigenvalue weighted by atomic mass is 16.4. The molecule has 26 heavy (non-hydrogen) atoms. The number of benzene rings is 2. The standard InChI is InChI=1S/C20H15N5O/c1-25-10-8-15-11-13(4-6-17(15)25)14-5-7-18-16(12-14)22-20(26-18)23-19-3-2-9-21-24-19/h2-12H,1H3,(H,22,23,24). The van der Waals surface area contributed by atoms with Gasteiger partial charge in [-0.2, -0.15) is 10.1 Å². The summed E-state index contributed by atoms with van der Waals surface area (Å²) < 4.78 is 7.86. The number of aryl methyl sites for hydroxylation is 1. The van der Waals surface area contributed by atoms with Crippen LogP contribution in [0.2, 0.25) is 0 Å². The number of anilines is 2. The number of nitrogens with zero attached hydrogens (tertiary/aromatic N) is 4. The maximum atomic E-state index is 5.74. The lowest BCUT2D eigenvalue weighted by molar-refractivity contribution is 0.622. The fourth-order valence-electron chi connectivity index (χ4n) is 3.10. The number of fused-ring (bicyclic) bond motifs is 2. The molecule has 0 saturated carbocycles. The Morgan fingerprint density at radius 2 is 1.88 bits per heavy atom. The van der Waals surface area contributed by atoms with Crippen LogP contribution in [0.5, 0.6) is 0 Å². The quantitative estimate of drug-likeness (QED) is 0.522. The molecule has 0 spiro atoms. The highest BCUT2D eigenvalue weighted by Gasteiger charge is 2.09. The summed E-state index contributed by atoms with van der Waals surface area (Å²) in [5, 5.41) is 12.1. The molecule has 3 aromatic heterocycles. The second-order valence-corrected chi connectivity index (χ2v) is 6.14. The van der Waals surface area contributed by atoms with Crippen LogP contribution in [-0.4, -0.2) is 19.7 Å². The first-order chi connectivity index (χ1) is 12.8. The molecular formula is C20H15N5O. The van der Waals surface area contributed by atoms with Crippen LogP contribution in [0.25, 0.3) is 33.1 Å². The van der Waals surface area contributed by atoms with Gasteiger partial charge in [0.2, 0.25) is 0 Å². The Morgan fingerprint density at radius 1 is 1.00 bits per heavy atom. The van der Waals surface area contributed by atoms with E-state index in [4.69, 9.17) is 4.42 Å². The van der Waals surface area contributed by atoms with E-state index in [0.29, 0.717) is 11.8 Å². The van der Waals surface area contributed by atoms with Gasteiger partial charge in [0.1, 0.15) is 5.52 Å². The molecule has 0 aliphatic heterocycles. The monoisotopic (exact) mass is 341 g/mol. The molecule has 0 unspecified atom stereocenters. The van der Waals surface area contributed by atoms with Crippen molar-refractivity contribution in [1.82, 2.24) is 19.7 Å². The fraction of sp³-hybridized carbons (Fsp3) is 0.0500. The van der Waals surface area contributed by atoms with Crippen LogP contribution in [0, 0.1) is 0 Å². The highest BCUT2D eigenvalue weighted by Crippen LogP contribution is 2.29. The van der Waals surface area contributed by atoms with Crippen molar-refractivity contribution in [1.29, 1.82) is 0 Å². The van der Waals surface area contributed by atoms with Crippen molar-refractivity contribution < 1.29 is 4.42 Å². The Morgan fingerprint density at radius 3 is 2.77 bits per heavy atom. The van der Waals surface area contributed by atoms with Gasteiger partial charge in [0.25, 0.3) is 0 Å². The summed E-state index contributed by atoms with van der Waals surface area (Å²) in [4.78, 5) is 4.51. The van der Waals surface area contributed by atoms with Crippen molar-refractivity contribution in [2.75, 3.05) is 5.32 Å². The molecule has 0 bridgehead atoms. The van der Waals surface area contributed by atoms with Crippen LogP contribution < -0.4 is 5.32 Å². The normalized spacial score (nSPS) is 11.3. The predicted octanol–water partition coefficient (Wildman–Crippen LogP) is 4.52. The summed E-state index contributed by atoms with van der Waals surface area (Å²) >= 11 is 0.